The van der Waals surface area contributed by atoms with E-state index in [-0.39, 0.29) is 17.2 Å². The lowest BCUT2D eigenvalue weighted by molar-refractivity contribution is 0.0682. The Balaban J connectivity index is 2.00. The maximum absolute atomic E-state index is 11.7. The van der Waals surface area contributed by atoms with Gasteiger partial charge in [-0.25, -0.2) is 14.3 Å². The van der Waals surface area contributed by atoms with Gasteiger partial charge in [0.1, 0.15) is 11.5 Å². The topological polar surface area (TPSA) is 111 Å². The Morgan fingerprint density at radius 2 is 1.67 bits per heavy atom. The molecule has 0 unspecified atom stereocenters. The quantitative estimate of drug-likeness (QED) is 0.611. The van der Waals surface area contributed by atoms with E-state index in [1.807, 2.05) is 0 Å². The molecule has 0 atom stereocenters. The third-order valence-electron chi connectivity index (χ3n) is 5.13. The molecule has 1 fully saturated rings. The van der Waals surface area contributed by atoms with Crippen molar-refractivity contribution >= 4 is 11.9 Å². The summed E-state index contributed by atoms with van der Waals surface area (Å²) < 4.78 is 12.5. The summed E-state index contributed by atoms with van der Waals surface area (Å²) in [5, 5.41) is 23.3. The first kappa shape index (κ1) is 19.5. The number of nitrogens with zero attached hydrogens (tertiary/aromatic N) is 2. The van der Waals surface area contributed by atoms with Gasteiger partial charge in [0, 0.05) is 0 Å². The second-order valence-corrected chi connectivity index (χ2v) is 7.02. The fraction of sp³-hybridized carbons (Fsp3) is 0.227. The minimum Gasteiger partial charge on any atom is -0.496 e. The molecule has 154 valence electrons. The van der Waals surface area contributed by atoms with E-state index in [2.05, 4.69) is 5.10 Å². The summed E-state index contributed by atoms with van der Waals surface area (Å²) in [6, 6.07) is 11.6. The highest BCUT2D eigenvalue weighted by Crippen LogP contribution is 2.45. The van der Waals surface area contributed by atoms with Crippen LogP contribution in [0.15, 0.2) is 42.5 Å². The molecule has 0 radical (unpaired) electrons. The van der Waals surface area contributed by atoms with Crippen LogP contribution in [0.1, 0.15) is 45.2 Å². The normalized spacial score (nSPS) is 13.1. The number of ether oxygens (including phenoxy) is 2. The van der Waals surface area contributed by atoms with Crippen LogP contribution in [-0.2, 0) is 0 Å². The van der Waals surface area contributed by atoms with Gasteiger partial charge in [0.25, 0.3) is 0 Å². The van der Waals surface area contributed by atoms with Gasteiger partial charge in [-0.2, -0.15) is 5.10 Å². The number of aromatic nitrogens is 2. The molecule has 0 amide bonds. The average molecular weight is 408 g/mol. The molecular formula is C22H20N2O6. The van der Waals surface area contributed by atoms with Gasteiger partial charge in [-0.1, -0.05) is 6.07 Å². The Kier molecular flexibility index (Phi) is 4.91. The fourth-order valence-electron chi connectivity index (χ4n) is 3.55. The Hall–Kier alpha value is -3.81. The molecule has 1 saturated carbocycles. The van der Waals surface area contributed by atoms with E-state index < -0.39 is 11.9 Å². The summed E-state index contributed by atoms with van der Waals surface area (Å²) in [5.74, 6) is -0.963. The van der Waals surface area contributed by atoms with Crippen molar-refractivity contribution in [2.75, 3.05) is 14.2 Å². The maximum Gasteiger partial charge on any atom is 0.356 e. The summed E-state index contributed by atoms with van der Waals surface area (Å²) in [6.45, 7) is 0. The number of carbonyl (C=O) groups is 2. The predicted octanol–water partition coefficient (Wildman–Crippen LogP) is 3.83. The van der Waals surface area contributed by atoms with Crippen molar-refractivity contribution in [3.63, 3.8) is 0 Å². The number of carboxylic acids is 2. The molecule has 0 bridgehead atoms. The highest BCUT2D eigenvalue weighted by Gasteiger charge is 2.30. The van der Waals surface area contributed by atoms with Crippen LogP contribution >= 0.6 is 0 Å². The fourth-order valence-corrected chi connectivity index (χ4v) is 3.55. The zero-order chi connectivity index (χ0) is 21.4. The van der Waals surface area contributed by atoms with Crippen molar-refractivity contribution in [1.82, 2.24) is 9.78 Å². The number of hydrogen-bond donors (Lipinski definition) is 2. The third kappa shape index (κ3) is 3.36. The predicted molar refractivity (Wildman–Crippen MR) is 108 cm³/mol. The number of rotatable bonds is 7. The van der Waals surface area contributed by atoms with Crippen molar-refractivity contribution < 1.29 is 29.3 Å². The molecule has 1 aliphatic carbocycles. The molecule has 1 heterocycles. The van der Waals surface area contributed by atoms with Crippen LogP contribution in [0.4, 0.5) is 0 Å². The standard InChI is InChI=1S/C22H20N2O6/c1-29-18-4-3-5-19(30-2)20(18)17-11-15(22(27)28)23-24(17)16-9-8-13(21(25)26)10-14(16)12-6-7-12/h3-5,8-12H,6-7H2,1-2H3,(H,25,26)(H,27,28). The molecule has 0 saturated heterocycles. The van der Waals surface area contributed by atoms with E-state index in [4.69, 9.17) is 9.47 Å². The third-order valence-corrected chi connectivity index (χ3v) is 5.13. The van der Waals surface area contributed by atoms with Crippen LogP contribution in [0.2, 0.25) is 0 Å². The zero-order valence-electron chi connectivity index (χ0n) is 16.5. The first-order valence-electron chi connectivity index (χ1n) is 9.37. The number of aromatic carboxylic acids is 2. The minimum absolute atomic E-state index is 0.137. The largest absolute Gasteiger partial charge is 0.496 e. The monoisotopic (exact) mass is 408 g/mol. The second kappa shape index (κ2) is 7.55. The number of hydrogen-bond acceptors (Lipinski definition) is 5. The Morgan fingerprint density at radius 3 is 2.20 bits per heavy atom. The van der Waals surface area contributed by atoms with Crippen LogP contribution in [0.5, 0.6) is 11.5 Å². The molecular weight excluding hydrogens is 388 g/mol. The van der Waals surface area contributed by atoms with Gasteiger partial charge < -0.3 is 19.7 Å². The number of carboxylic acid groups (broad SMARTS) is 2. The molecule has 3 aromatic rings. The van der Waals surface area contributed by atoms with E-state index in [0.29, 0.717) is 28.4 Å². The van der Waals surface area contributed by atoms with Gasteiger partial charge in [-0.05, 0) is 60.7 Å². The first-order valence-corrected chi connectivity index (χ1v) is 9.37. The van der Waals surface area contributed by atoms with Crippen LogP contribution in [0, 0.1) is 0 Å². The SMILES string of the molecule is COc1cccc(OC)c1-c1cc(C(=O)O)nn1-c1ccc(C(=O)O)cc1C1CC1. The van der Waals surface area contributed by atoms with Gasteiger partial charge in [-0.3, -0.25) is 0 Å². The lowest BCUT2D eigenvalue weighted by atomic mass is 10.0. The van der Waals surface area contributed by atoms with Gasteiger partial charge in [-0.15, -0.1) is 0 Å². The van der Waals surface area contributed by atoms with E-state index in [1.54, 1.807) is 30.3 Å². The van der Waals surface area contributed by atoms with Crippen LogP contribution in [0.3, 0.4) is 0 Å². The first-order chi connectivity index (χ1) is 14.4. The van der Waals surface area contributed by atoms with E-state index in [0.717, 1.165) is 18.4 Å². The van der Waals surface area contributed by atoms with E-state index in [1.165, 1.54) is 31.0 Å². The lowest BCUT2D eigenvalue weighted by Gasteiger charge is -2.17. The average Bonchev–Trinajstić information content (AvgIpc) is 3.50. The van der Waals surface area contributed by atoms with Crippen LogP contribution < -0.4 is 9.47 Å². The molecule has 0 spiro atoms. The minimum atomic E-state index is -1.17. The van der Waals surface area contributed by atoms with Crippen molar-refractivity contribution in [2.24, 2.45) is 0 Å². The molecule has 2 aromatic carbocycles. The van der Waals surface area contributed by atoms with Gasteiger partial charge in [0.15, 0.2) is 5.69 Å². The molecule has 1 aliphatic rings. The number of methoxy groups -OCH3 is 2. The molecule has 1 aromatic heterocycles. The molecule has 2 N–H and O–H groups in total. The summed E-state index contributed by atoms with van der Waals surface area (Å²) in [6.07, 6.45) is 1.88. The highest BCUT2D eigenvalue weighted by atomic mass is 16.5. The molecule has 8 heteroatoms. The van der Waals surface area contributed by atoms with E-state index in [9.17, 15) is 19.8 Å². The summed E-state index contributed by atoms with van der Waals surface area (Å²) in [5.41, 5.74) is 2.55. The van der Waals surface area contributed by atoms with Gasteiger partial charge in [0.05, 0.1) is 36.7 Å². The summed E-state index contributed by atoms with van der Waals surface area (Å²) in [7, 11) is 3.04. The van der Waals surface area contributed by atoms with E-state index >= 15 is 0 Å². The van der Waals surface area contributed by atoms with Crippen molar-refractivity contribution in [3.8, 4) is 28.4 Å². The highest BCUT2D eigenvalue weighted by molar-refractivity contribution is 5.90. The molecule has 30 heavy (non-hydrogen) atoms. The van der Waals surface area contributed by atoms with Gasteiger partial charge >= 0.3 is 11.9 Å². The van der Waals surface area contributed by atoms with Gasteiger partial charge in [0.2, 0.25) is 0 Å². The smallest absolute Gasteiger partial charge is 0.356 e. The Bertz CT molecular complexity index is 1120. The Labute approximate surface area is 172 Å². The van der Waals surface area contributed by atoms with Crippen molar-refractivity contribution in [1.29, 1.82) is 0 Å². The van der Waals surface area contributed by atoms with Crippen molar-refractivity contribution in [2.45, 2.75) is 18.8 Å². The lowest BCUT2D eigenvalue weighted by Crippen LogP contribution is -2.07. The Morgan fingerprint density at radius 1 is 1.00 bits per heavy atom. The summed E-state index contributed by atoms with van der Waals surface area (Å²) in [4.78, 5) is 23.2. The molecule has 8 nitrogen and oxygen atoms in total. The zero-order valence-corrected chi connectivity index (χ0v) is 16.5. The molecule has 0 aliphatic heterocycles. The maximum atomic E-state index is 11.7. The van der Waals surface area contributed by atoms with Crippen molar-refractivity contribution in [3.05, 3.63) is 59.3 Å². The van der Waals surface area contributed by atoms with Crippen LogP contribution in [-0.4, -0.2) is 46.2 Å². The number of benzene rings is 2. The van der Waals surface area contributed by atoms with Crippen LogP contribution in [0.25, 0.3) is 16.9 Å². The summed E-state index contributed by atoms with van der Waals surface area (Å²) >= 11 is 0. The second-order valence-electron chi connectivity index (χ2n) is 7.02. The molecule has 4 rings (SSSR count).